The van der Waals surface area contributed by atoms with Gasteiger partial charge in [-0.05, 0) is 25.0 Å². The van der Waals surface area contributed by atoms with Crippen LogP contribution in [0.1, 0.15) is 23.5 Å². The summed E-state index contributed by atoms with van der Waals surface area (Å²) in [4.78, 5) is 8.78. The van der Waals surface area contributed by atoms with E-state index >= 15 is 0 Å². The maximum atomic E-state index is 5.81. The van der Waals surface area contributed by atoms with Gasteiger partial charge in [-0.25, -0.2) is 9.97 Å². The predicted molar refractivity (Wildman–Crippen MR) is 76.4 cm³/mol. The van der Waals surface area contributed by atoms with E-state index in [4.69, 9.17) is 10.5 Å². The van der Waals surface area contributed by atoms with Gasteiger partial charge in [0, 0.05) is 43.9 Å². The molecule has 1 aliphatic heterocycles. The summed E-state index contributed by atoms with van der Waals surface area (Å²) in [5.74, 6) is 2.34. The van der Waals surface area contributed by atoms with E-state index in [9.17, 15) is 0 Å². The number of imidazole rings is 1. The quantitative estimate of drug-likeness (QED) is 0.919. The zero-order valence-corrected chi connectivity index (χ0v) is 11.7. The van der Waals surface area contributed by atoms with Crippen LogP contribution in [0.5, 0.6) is 5.88 Å². The summed E-state index contributed by atoms with van der Waals surface area (Å²) >= 11 is 0. The number of nitrogens with two attached hydrogens (primary N) is 1. The topological polar surface area (TPSA) is 66.0 Å². The molecule has 0 fully saturated rings. The predicted octanol–water partition coefficient (Wildman–Crippen LogP) is 1.69. The molecule has 0 spiro atoms. The van der Waals surface area contributed by atoms with Crippen molar-refractivity contribution in [3.05, 3.63) is 41.6 Å². The SMILES string of the molecule is Cc1cn2c(n1)CC(COc1cc(CN)ccn1)CC2. The second-order valence-corrected chi connectivity index (χ2v) is 5.37. The third kappa shape index (κ3) is 2.82. The lowest BCUT2D eigenvalue weighted by Gasteiger charge is -2.23. The van der Waals surface area contributed by atoms with Crippen molar-refractivity contribution in [1.82, 2.24) is 14.5 Å². The van der Waals surface area contributed by atoms with E-state index < -0.39 is 0 Å². The van der Waals surface area contributed by atoms with Crippen LogP contribution < -0.4 is 10.5 Å². The molecule has 2 aromatic rings. The molecule has 0 saturated heterocycles. The number of hydrogen-bond acceptors (Lipinski definition) is 4. The molecule has 3 rings (SSSR count). The summed E-state index contributed by atoms with van der Waals surface area (Å²) in [6, 6.07) is 3.82. The zero-order valence-electron chi connectivity index (χ0n) is 11.7. The minimum Gasteiger partial charge on any atom is -0.477 e. The van der Waals surface area contributed by atoms with Gasteiger partial charge >= 0.3 is 0 Å². The largest absolute Gasteiger partial charge is 0.477 e. The fraction of sp³-hybridized carbons (Fsp3) is 0.467. The third-order valence-electron chi connectivity index (χ3n) is 3.73. The van der Waals surface area contributed by atoms with Gasteiger partial charge in [0.25, 0.3) is 0 Å². The summed E-state index contributed by atoms with van der Waals surface area (Å²) in [7, 11) is 0. The first-order valence-electron chi connectivity index (χ1n) is 7.05. The number of aromatic nitrogens is 3. The van der Waals surface area contributed by atoms with Gasteiger partial charge < -0.3 is 15.0 Å². The van der Waals surface area contributed by atoms with Gasteiger partial charge in [0.05, 0.1) is 12.3 Å². The van der Waals surface area contributed by atoms with E-state index in [0.717, 1.165) is 30.6 Å². The van der Waals surface area contributed by atoms with E-state index in [1.165, 1.54) is 5.82 Å². The Morgan fingerprint density at radius 1 is 1.50 bits per heavy atom. The number of fused-ring (bicyclic) bond motifs is 1. The molecule has 20 heavy (non-hydrogen) atoms. The lowest BCUT2D eigenvalue weighted by atomic mass is 9.99. The van der Waals surface area contributed by atoms with E-state index in [1.54, 1.807) is 6.20 Å². The van der Waals surface area contributed by atoms with Gasteiger partial charge in [-0.3, -0.25) is 0 Å². The molecule has 5 heteroatoms. The summed E-state index contributed by atoms with van der Waals surface area (Å²) in [5.41, 5.74) is 7.76. The summed E-state index contributed by atoms with van der Waals surface area (Å²) in [5, 5.41) is 0. The molecule has 3 heterocycles. The van der Waals surface area contributed by atoms with Gasteiger partial charge in [-0.15, -0.1) is 0 Å². The Bertz CT molecular complexity index is 593. The van der Waals surface area contributed by atoms with E-state index in [2.05, 4.69) is 20.7 Å². The molecule has 0 radical (unpaired) electrons. The first kappa shape index (κ1) is 13.1. The Kier molecular flexibility index (Phi) is 3.69. The zero-order chi connectivity index (χ0) is 13.9. The van der Waals surface area contributed by atoms with Crippen LogP contribution in [0.25, 0.3) is 0 Å². The highest BCUT2D eigenvalue weighted by Crippen LogP contribution is 2.21. The normalized spacial score (nSPS) is 17.8. The summed E-state index contributed by atoms with van der Waals surface area (Å²) in [6.45, 7) is 4.27. The second kappa shape index (κ2) is 5.63. The molecule has 0 aromatic carbocycles. The van der Waals surface area contributed by atoms with E-state index in [-0.39, 0.29) is 0 Å². The molecular formula is C15H20N4O. The van der Waals surface area contributed by atoms with Crippen molar-refractivity contribution < 1.29 is 4.74 Å². The van der Waals surface area contributed by atoms with Crippen molar-refractivity contribution in [2.45, 2.75) is 32.9 Å². The molecule has 106 valence electrons. The van der Waals surface area contributed by atoms with Gasteiger partial charge in [0.2, 0.25) is 5.88 Å². The van der Waals surface area contributed by atoms with Crippen molar-refractivity contribution in [2.24, 2.45) is 11.7 Å². The smallest absolute Gasteiger partial charge is 0.213 e. The van der Waals surface area contributed by atoms with Crippen LogP contribution in [0.15, 0.2) is 24.5 Å². The molecule has 2 N–H and O–H groups in total. The summed E-state index contributed by atoms with van der Waals surface area (Å²) in [6.07, 6.45) is 5.97. The van der Waals surface area contributed by atoms with Crippen molar-refractivity contribution in [3.63, 3.8) is 0 Å². The van der Waals surface area contributed by atoms with Crippen LogP contribution in [0.3, 0.4) is 0 Å². The lowest BCUT2D eigenvalue weighted by Crippen LogP contribution is -2.24. The average Bonchev–Trinajstić information content (AvgIpc) is 2.84. The maximum Gasteiger partial charge on any atom is 0.213 e. The molecular weight excluding hydrogens is 252 g/mol. The molecule has 0 saturated carbocycles. The van der Waals surface area contributed by atoms with Crippen LogP contribution in [-0.4, -0.2) is 21.1 Å². The number of aryl methyl sites for hydroxylation is 2. The Morgan fingerprint density at radius 2 is 2.40 bits per heavy atom. The van der Waals surface area contributed by atoms with E-state index in [1.807, 2.05) is 19.1 Å². The van der Waals surface area contributed by atoms with Crippen LogP contribution in [-0.2, 0) is 19.5 Å². The van der Waals surface area contributed by atoms with Crippen LogP contribution in [0, 0.1) is 12.8 Å². The van der Waals surface area contributed by atoms with Crippen LogP contribution in [0.4, 0.5) is 0 Å². The minimum atomic E-state index is 0.507. The second-order valence-electron chi connectivity index (χ2n) is 5.37. The number of rotatable bonds is 4. The Labute approximate surface area is 118 Å². The fourth-order valence-corrected chi connectivity index (χ4v) is 2.64. The number of hydrogen-bond donors (Lipinski definition) is 1. The average molecular weight is 272 g/mol. The maximum absolute atomic E-state index is 5.81. The fourth-order valence-electron chi connectivity index (χ4n) is 2.64. The minimum absolute atomic E-state index is 0.507. The molecule has 0 bridgehead atoms. The molecule has 0 amide bonds. The van der Waals surface area contributed by atoms with Gasteiger partial charge in [0.15, 0.2) is 0 Å². The highest BCUT2D eigenvalue weighted by Gasteiger charge is 2.20. The first-order chi connectivity index (χ1) is 9.74. The van der Waals surface area contributed by atoms with E-state index in [0.29, 0.717) is 24.9 Å². The van der Waals surface area contributed by atoms with Gasteiger partial charge in [-0.1, -0.05) is 0 Å². The van der Waals surface area contributed by atoms with Crippen molar-refractivity contribution >= 4 is 0 Å². The summed E-state index contributed by atoms with van der Waals surface area (Å²) < 4.78 is 8.06. The van der Waals surface area contributed by atoms with Gasteiger partial charge in [0.1, 0.15) is 5.82 Å². The van der Waals surface area contributed by atoms with Crippen molar-refractivity contribution in [3.8, 4) is 5.88 Å². The number of pyridine rings is 1. The highest BCUT2D eigenvalue weighted by molar-refractivity contribution is 5.20. The van der Waals surface area contributed by atoms with Crippen molar-refractivity contribution in [2.75, 3.05) is 6.61 Å². The molecule has 2 aromatic heterocycles. The monoisotopic (exact) mass is 272 g/mol. The standard InChI is InChI=1S/C15H20N4O/c1-11-9-19-5-3-13(6-14(19)18-11)10-20-15-7-12(8-16)2-4-17-15/h2,4,7,9,13H,3,5-6,8,10,16H2,1H3. The molecule has 0 aliphatic carbocycles. The molecule has 1 aliphatic rings. The Hall–Kier alpha value is -1.88. The van der Waals surface area contributed by atoms with Crippen LogP contribution >= 0.6 is 0 Å². The third-order valence-corrected chi connectivity index (χ3v) is 3.73. The molecule has 1 unspecified atom stereocenters. The molecule has 1 atom stereocenters. The number of nitrogens with zero attached hydrogens (tertiary/aromatic N) is 3. The van der Waals surface area contributed by atoms with Gasteiger partial charge in [-0.2, -0.15) is 0 Å². The van der Waals surface area contributed by atoms with Crippen molar-refractivity contribution in [1.29, 1.82) is 0 Å². The Balaban J connectivity index is 1.59. The van der Waals surface area contributed by atoms with Crippen LogP contribution in [0.2, 0.25) is 0 Å². The highest BCUT2D eigenvalue weighted by atomic mass is 16.5. The lowest BCUT2D eigenvalue weighted by molar-refractivity contribution is 0.212. The Morgan fingerprint density at radius 3 is 3.25 bits per heavy atom. The number of ether oxygens (including phenoxy) is 1. The molecule has 5 nitrogen and oxygen atoms in total. The first-order valence-corrected chi connectivity index (χ1v) is 7.05.